The van der Waals surface area contributed by atoms with Crippen LogP contribution < -0.4 is 9.47 Å². The molecule has 1 unspecified atom stereocenters. The van der Waals surface area contributed by atoms with Crippen LogP contribution in [0.2, 0.25) is 0 Å². The van der Waals surface area contributed by atoms with Crippen LogP contribution in [0, 0.1) is 17.2 Å². The highest BCUT2D eigenvalue weighted by atomic mass is 16.5. The molecule has 30 heavy (non-hydrogen) atoms. The van der Waals surface area contributed by atoms with Crippen molar-refractivity contribution in [2.24, 2.45) is 13.0 Å². The fourth-order valence-corrected chi connectivity index (χ4v) is 3.97. The van der Waals surface area contributed by atoms with Gasteiger partial charge in [-0.05, 0) is 31.0 Å². The zero-order valence-corrected chi connectivity index (χ0v) is 17.2. The average molecular weight is 404 g/mol. The zero-order valence-electron chi connectivity index (χ0n) is 17.2. The van der Waals surface area contributed by atoms with Crippen LogP contribution in [0.5, 0.6) is 11.5 Å². The number of fused-ring (bicyclic) bond motifs is 1. The number of para-hydroxylation sites is 1. The van der Waals surface area contributed by atoms with Gasteiger partial charge in [-0.3, -0.25) is 9.48 Å². The average Bonchev–Trinajstić information content (AvgIpc) is 3.14. The van der Waals surface area contributed by atoms with Crippen LogP contribution in [0.3, 0.4) is 0 Å². The van der Waals surface area contributed by atoms with Gasteiger partial charge >= 0.3 is 0 Å². The number of piperidine rings is 1. The van der Waals surface area contributed by atoms with Gasteiger partial charge in [0.2, 0.25) is 0 Å². The van der Waals surface area contributed by atoms with Crippen LogP contribution in [0.25, 0.3) is 10.9 Å². The van der Waals surface area contributed by atoms with Gasteiger partial charge in [0.25, 0.3) is 5.91 Å². The number of amides is 1. The molecule has 4 rings (SSSR count). The quantitative estimate of drug-likeness (QED) is 0.651. The van der Waals surface area contributed by atoms with Crippen molar-refractivity contribution < 1.29 is 14.3 Å². The maximum Gasteiger partial charge on any atom is 0.275 e. The van der Waals surface area contributed by atoms with E-state index in [2.05, 4.69) is 11.2 Å². The lowest BCUT2D eigenvalue weighted by atomic mass is 9.98. The molecule has 2 heterocycles. The number of rotatable bonds is 5. The summed E-state index contributed by atoms with van der Waals surface area (Å²) in [5.74, 6) is 1.33. The number of hydrogen-bond acceptors (Lipinski definition) is 5. The van der Waals surface area contributed by atoms with E-state index >= 15 is 0 Å². The molecule has 0 radical (unpaired) electrons. The molecule has 1 atom stereocenters. The number of likely N-dealkylation sites (tertiary alicyclic amines) is 1. The van der Waals surface area contributed by atoms with Gasteiger partial charge in [0.15, 0.2) is 17.2 Å². The Labute approximate surface area is 175 Å². The molecule has 1 aliphatic heterocycles. The third-order valence-electron chi connectivity index (χ3n) is 5.53. The molecule has 1 aromatic heterocycles. The van der Waals surface area contributed by atoms with Crippen molar-refractivity contribution in [3.8, 4) is 17.6 Å². The minimum absolute atomic E-state index is 0.0348. The molecule has 1 fully saturated rings. The van der Waals surface area contributed by atoms with E-state index in [-0.39, 0.29) is 11.8 Å². The van der Waals surface area contributed by atoms with Crippen molar-refractivity contribution in [3.63, 3.8) is 0 Å². The second-order valence-electron chi connectivity index (χ2n) is 7.54. The monoisotopic (exact) mass is 404 g/mol. The maximum atomic E-state index is 13.2. The summed E-state index contributed by atoms with van der Waals surface area (Å²) in [6.45, 7) is 1.83. The number of ether oxygens (including phenoxy) is 2. The van der Waals surface area contributed by atoms with Crippen LogP contribution in [0.15, 0.2) is 42.5 Å². The molecule has 0 saturated carbocycles. The van der Waals surface area contributed by atoms with Crippen molar-refractivity contribution >= 4 is 16.8 Å². The molecule has 0 N–H and O–H groups in total. The molecular weight excluding hydrogens is 380 g/mol. The number of carbonyl (C=O) groups is 1. The van der Waals surface area contributed by atoms with Crippen molar-refractivity contribution in [1.29, 1.82) is 5.26 Å². The number of methoxy groups -OCH3 is 1. The summed E-state index contributed by atoms with van der Waals surface area (Å²) in [6, 6.07) is 15.0. The normalized spacial score (nSPS) is 16.3. The number of carbonyl (C=O) groups excluding carboxylic acids is 1. The molecule has 0 aliphatic carbocycles. The van der Waals surface area contributed by atoms with Crippen LogP contribution in [-0.4, -0.2) is 47.4 Å². The van der Waals surface area contributed by atoms with E-state index in [4.69, 9.17) is 14.7 Å². The predicted molar refractivity (Wildman–Crippen MR) is 113 cm³/mol. The van der Waals surface area contributed by atoms with E-state index in [1.807, 2.05) is 36.2 Å². The molecular formula is C23H24N4O3. The number of aromatic nitrogens is 2. The van der Waals surface area contributed by atoms with E-state index in [1.165, 1.54) is 0 Å². The fourth-order valence-electron chi connectivity index (χ4n) is 3.97. The highest BCUT2D eigenvalue weighted by Gasteiger charge is 2.28. The zero-order chi connectivity index (χ0) is 21.1. The summed E-state index contributed by atoms with van der Waals surface area (Å²) < 4.78 is 13.1. The summed E-state index contributed by atoms with van der Waals surface area (Å²) >= 11 is 0. The number of nitrogens with zero attached hydrogens (tertiary/aromatic N) is 4. The van der Waals surface area contributed by atoms with Gasteiger partial charge in [-0.15, -0.1) is 0 Å². The lowest BCUT2D eigenvalue weighted by Crippen LogP contribution is -2.41. The minimum Gasteiger partial charge on any atom is -0.493 e. The van der Waals surface area contributed by atoms with Crippen molar-refractivity contribution in [2.75, 3.05) is 26.8 Å². The highest BCUT2D eigenvalue weighted by molar-refractivity contribution is 6.04. The van der Waals surface area contributed by atoms with E-state index in [0.29, 0.717) is 35.9 Å². The molecule has 1 amide bonds. The molecule has 154 valence electrons. The number of aryl methyl sites for hydroxylation is 1. The standard InChI is InChI=1S/C23H24N4O3/c1-26-19-8-4-3-7-18(19)22(25-26)23(28)27-11-5-6-17(14-27)15-30-20-10-9-16(13-24)12-21(20)29-2/h3-4,7-10,12,17H,5-6,11,14-15H2,1-2H3. The Morgan fingerprint density at radius 2 is 2.10 bits per heavy atom. The first-order valence-electron chi connectivity index (χ1n) is 10.0. The maximum absolute atomic E-state index is 13.2. The first kappa shape index (κ1) is 19.8. The lowest BCUT2D eigenvalue weighted by Gasteiger charge is -2.32. The molecule has 0 spiro atoms. The third-order valence-corrected chi connectivity index (χ3v) is 5.53. The second-order valence-corrected chi connectivity index (χ2v) is 7.54. The lowest BCUT2D eigenvalue weighted by molar-refractivity contribution is 0.0627. The Hall–Kier alpha value is -3.53. The number of benzene rings is 2. The van der Waals surface area contributed by atoms with Crippen molar-refractivity contribution in [2.45, 2.75) is 12.8 Å². The molecule has 7 nitrogen and oxygen atoms in total. The third kappa shape index (κ3) is 3.81. The summed E-state index contributed by atoms with van der Waals surface area (Å²) in [5, 5.41) is 14.4. The van der Waals surface area contributed by atoms with Gasteiger partial charge in [0.1, 0.15) is 0 Å². The number of hydrogen-bond donors (Lipinski definition) is 0. The first-order valence-corrected chi connectivity index (χ1v) is 10.0. The molecule has 0 bridgehead atoms. The molecule has 1 aliphatic rings. The van der Waals surface area contributed by atoms with Gasteiger partial charge in [0, 0.05) is 37.5 Å². The summed E-state index contributed by atoms with van der Waals surface area (Å²) in [4.78, 5) is 15.1. The highest BCUT2D eigenvalue weighted by Crippen LogP contribution is 2.29. The van der Waals surface area contributed by atoms with Crippen LogP contribution in [0.4, 0.5) is 0 Å². The van der Waals surface area contributed by atoms with Crippen LogP contribution in [0.1, 0.15) is 28.9 Å². The van der Waals surface area contributed by atoms with E-state index in [1.54, 1.807) is 30.0 Å². The smallest absolute Gasteiger partial charge is 0.275 e. The van der Waals surface area contributed by atoms with Crippen LogP contribution >= 0.6 is 0 Å². The second kappa shape index (κ2) is 8.46. The topological polar surface area (TPSA) is 80.4 Å². The van der Waals surface area contributed by atoms with Crippen LogP contribution in [-0.2, 0) is 7.05 Å². The van der Waals surface area contributed by atoms with E-state index in [0.717, 1.165) is 30.3 Å². The Bertz CT molecular complexity index is 1120. The first-order chi connectivity index (χ1) is 14.6. The summed E-state index contributed by atoms with van der Waals surface area (Å²) in [7, 11) is 3.42. The Morgan fingerprint density at radius 1 is 1.27 bits per heavy atom. The van der Waals surface area contributed by atoms with Gasteiger partial charge < -0.3 is 14.4 Å². The van der Waals surface area contributed by atoms with E-state index < -0.39 is 0 Å². The molecule has 3 aromatic rings. The van der Waals surface area contributed by atoms with Crippen molar-refractivity contribution in [3.05, 3.63) is 53.7 Å². The molecule has 7 heteroatoms. The summed E-state index contributed by atoms with van der Waals surface area (Å²) in [5.41, 5.74) is 1.98. The molecule has 2 aromatic carbocycles. The van der Waals surface area contributed by atoms with E-state index in [9.17, 15) is 4.79 Å². The van der Waals surface area contributed by atoms with Crippen molar-refractivity contribution in [1.82, 2.24) is 14.7 Å². The van der Waals surface area contributed by atoms with Gasteiger partial charge in [0.05, 0.1) is 30.9 Å². The van der Waals surface area contributed by atoms with Gasteiger partial charge in [-0.1, -0.05) is 18.2 Å². The predicted octanol–water partition coefficient (Wildman–Crippen LogP) is 3.38. The summed E-state index contributed by atoms with van der Waals surface area (Å²) in [6.07, 6.45) is 1.92. The number of nitriles is 1. The molecule has 1 saturated heterocycles. The Balaban J connectivity index is 1.45. The largest absolute Gasteiger partial charge is 0.493 e. The Morgan fingerprint density at radius 3 is 2.90 bits per heavy atom. The van der Waals surface area contributed by atoms with Gasteiger partial charge in [-0.25, -0.2) is 0 Å². The minimum atomic E-state index is -0.0348. The van der Waals surface area contributed by atoms with Gasteiger partial charge in [-0.2, -0.15) is 10.4 Å². The SMILES string of the molecule is COc1cc(C#N)ccc1OCC1CCCN(C(=O)c2nn(C)c3ccccc23)C1. The fraction of sp³-hybridized carbons (Fsp3) is 0.348. The Kier molecular flexibility index (Phi) is 5.57.